The number of carbonyl (C=O) groups is 2. The fourth-order valence-corrected chi connectivity index (χ4v) is 3.73. The second-order valence-corrected chi connectivity index (χ2v) is 7.63. The first kappa shape index (κ1) is 22.3. The Morgan fingerprint density at radius 2 is 1.67 bits per heavy atom. The quantitative estimate of drug-likeness (QED) is 0.248. The Bertz CT molecular complexity index is 1210. The molecule has 0 N–H and O–H groups in total. The number of hydrogen-bond acceptors (Lipinski definition) is 6. The van der Waals surface area contributed by atoms with Gasteiger partial charge in [-0.05, 0) is 49.2 Å². The summed E-state index contributed by atoms with van der Waals surface area (Å²) in [4.78, 5) is 24.6. The number of aryl methyl sites for hydroxylation is 1. The van der Waals surface area contributed by atoms with Crippen LogP contribution in [0.3, 0.4) is 0 Å². The minimum Gasteiger partial charge on any atom is -0.482 e. The molecule has 0 aromatic heterocycles. The van der Waals surface area contributed by atoms with Gasteiger partial charge in [-0.25, -0.2) is 4.79 Å². The van der Waals surface area contributed by atoms with E-state index < -0.39 is 5.97 Å². The maximum atomic E-state index is 13.1. The lowest BCUT2D eigenvalue weighted by atomic mass is 9.97. The van der Waals surface area contributed by atoms with Gasteiger partial charge in [-0.15, -0.1) is 0 Å². The fourth-order valence-electron chi connectivity index (χ4n) is 3.73. The molecule has 2 aromatic carbocycles. The molecule has 1 heterocycles. The van der Waals surface area contributed by atoms with Gasteiger partial charge in [-0.1, -0.05) is 48.8 Å². The molecule has 0 spiro atoms. The lowest BCUT2D eigenvalue weighted by Gasteiger charge is -2.09. The SMILES string of the molecule is CCCc1ccc(C(=O)c2ccc3c(-c4ccc(OCC(=O)OCC)cc4)nocc2-3)cc1. The number of carbonyl (C=O) groups excluding carboxylic acids is 2. The van der Waals surface area contributed by atoms with Gasteiger partial charge in [0.05, 0.1) is 6.61 Å². The van der Waals surface area contributed by atoms with Crippen molar-refractivity contribution < 1.29 is 23.6 Å². The van der Waals surface area contributed by atoms with E-state index in [4.69, 9.17) is 14.0 Å². The Hall–Kier alpha value is -3.93. The van der Waals surface area contributed by atoms with E-state index in [1.807, 2.05) is 48.5 Å². The smallest absolute Gasteiger partial charge is 0.344 e. The summed E-state index contributed by atoms with van der Waals surface area (Å²) in [7, 11) is 0. The molecule has 0 unspecified atom stereocenters. The average molecular weight is 443 g/mol. The number of ketones is 1. The van der Waals surface area contributed by atoms with Crippen LogP contribution in [0.1, 0.15) is 41.8 Å². The second-order valence-electron chi connectivity index (χ2n) is 7.63. The zero-order valence-electron chi connectivity index (χ0n) is 18.7. The van der Waals surface area contributed by atoms with E-state index in [1.54, 1.807) is 19.1 Å². The van der Waals surface area contributed by atoms with Crippen molar-refractivity contribution in [1.29, 1.82) is 0 Å². The van der Waals surface area contributed by atoms with Crippen molar-refractivity contribution in [1.82, 2.24) is 5.16 Å². The fraction of sp³-hybridized carbons (Fsp3) is 0.222. The lowest BCUT2D eigenvalue weighted by molar-refractivity contribution is -0.145. The van der Waals surface area contributed by atoms with Crippen LogP contribution < -0.4 is 4.74 Å². The molecule has 0 saturated heterocycles. The number of benzene rings is 2. The number of esters is 1. The van der Waals surface area contributed by atoms with E-state index in [1.165, 1.54) is 11.8 Å². The molecular formula is C27H25NO5. The van der Waals surface area contributed by atoms with Gasteiger partial charge in [-0.3, -0.25) is 4.79 Å². The summed E-state index contributed by atoms with van der Waals surface area (Å²) < 4.78 is 15.7. The number of nitrogens with zero attached hydrogens (tertiary/aromatic N) is 1. The molecule has 0 radical (unpaired) electrons. The van der Waals surface area contributed by atoms with Crippen molar-refractivity contribution in [3.8, 4) is 28.1 Å². The average Bonchev–Trinajstić information content (AvgIpc) is 3.28. The van der Waals surface area contributed by atoms with Gasteiger partial charge in [0.25, 0.3) is 0 Å². The first-order valence-electron chi connectivity index (χ1n) is 11.0. The zero-order valence-corrected chi connectivity index (χ0v) is 18.7. The number of aromatic nitrogens is 1. The largest absolute Gasteiger partial charge is 0.482 e. The molecule has 2 aliphatic rings. The van der Waals surface area contributed by atoms with Crippen LogP contribution in [0, 0.1) is 0 Å². The van der Waals surface area contributed by atoms with Crippen LogP contribution in [0.15, 0.2) is 71.4 Å². The molecule has 1 aliphatic heterocycles. The van der Waals surface area contributed by atoms with E-state index in [0.29, 0.717) is 34.7 Å². The van der Waals surface area contributed by atoms with Gasteiger partial charge < -0.3 is 14.0 Å². The third-order valence-corrected chi connectivity index (χ3v) is 5.36. The summed E-state index contributed by atoms with van der Waals surface area (Å²) in [5.74, 6) is 0.0738. The van der Waals surface area contributed by atoms with Gasteiger partial charge in [0.2, 0.25) is 0 Å². The van der Waals surface area contributed by atoms with Crippen LogP contribution in [0.5, 0.6) is 5.75 Å². The molecule has 6 heteroatoms. The number of rotatable bonds is 9. The van der Waals surface area contributed by atoms with Gasteiger partial charge in [-0.2, -0.15) is 0 Å². The molecule has 4 rings (SSSR count). The van der Waals surface area contributed by atoms with Crippen molar-refractivity contribution in [3.63, 3.8) is 0 Å². The first-order valence-corrected chi connectivity index (χ1v) is 11.0. The second kappa shape index (κ2) is 10.1. The Morgan fingerprint density at radius 1 is 0.909 bits per heavy atom. The molecule has 0 atom stereocenters. The van der Waals surface area contributed by atoms with E-state index >= 15 is 0 Å². The van der Waals surface area contributed by atoms with Crippen LogP contribution in [0.25, 0.3) is 22.4 Å². The van der Waals surface area contributed by atoms with Crippen molar-refractivity contribution in [2.45, 2.75) is 26.7 Å². The molecule has 0 fully saturated rings. The maximum Gasteiger partial charge on any atom is 0.344 e. The minimum absolute atomic E-state index is 0.0527. The van der Waals surface area contributed by atoms with E-state index in [2.05, 4.69) is 12.1 Å². The monoisotopic (exact) mass is 443 g/mol. The van der Waals surface area contributed by atoms with Crippen LogP contribution in [0.2, 0.25) is 0 Å². The summed E-state index contributed by atoms with van der Waals surface area (Å²) >= 11 is 0. The number of fused-ring (bicyclic) bond motifs is 1. The Morgan fingerprint density at radius 3 is 2.36 bits per heavy atom. The van der Waals surface area contributed by atoms with Gasteiger partial charge in [0.1, 0.15) is 17.7 Å². The molecule has 6 nitrogen and oxygen atoms in total. The molecule has 0 bridgehead atoms. The van der Waals surface area contributed by atoms with Crippen LogP contribution in [-0.4, -0.2) is 30.1 Å². The summed E-state index contributed by atoms with van der Waals surface area (Å²) in [5.41, 5.74) is 5.41. The molecule has 168 valence electrons. The molecule has 33 heavy (non-hydrogen) atoms. The highest BCUT2D eigenvalue weighted by Crippen LogP contribution is 2.37. The predicted octanol–water partition coefficient (Wildman–Crippen LogP) is 5.57. The first-order chi connectivity index (χ1) is 16.1. The van der Waals surface area contributed by atoms with E-state index in [9.17, 15) is 9.59 Å². The highest BCUT2D eigenvalue weighted by atomic mass is 16.6. The van der Waals surface area contributed by atoms with Crippen LogP contribution in [0.4, 0.5) is 0 Å². The van der Waals surface area contributed by atoms with Gasteiger partial charge >= 0.3 is 5.97 Å². The summed E-state index contributed by atoms with van der Waals surface area (Å²) in [6.07, 6.45) is 3.57. The van der Waals surface area contributed by atoms with Crippen molar-refractivity contribution in [3.05, 3.63) is 83.6 Å². The third kappa shape index (κ3) is 4.95. The highest BCUT2D eigenvalue weighted by Gasteiger charge is 2.22. The third-order valence-electron chi connectivity index (χ3n) is 5.36. The van der Waals surface area contributed by atoms with Crippen LogP contribution in [-0.2, 0) is 16.0 Å². The molecule has 2 aromatic rings. The normalized spacial score (nSPS) is 10.8. The molecule has 0 saturated carbocycles. The minimum atomic E-state index is -0.416. The number of ether oxygens (including phenoxy) is 2. The topological polar surface area (TPSA) is 78.6 Å². The summed E-state index contributed by atoms with van der Waals surface area (Å²) in [6.45, 7) is 4.05. The van der Waals surface area contributed by atoms with Crippen molar-refractivity contribution in [2.75, 3.05) is 13.2 Å². The predicted molar refractivity (Wildman–Crippen MR) is 125 cm³/mol. The Balaban J connectivity index is 1.53. The molecule has 0 amide bonds. The highest BCUT2D eigenvalue weighted by molar-refractivity contribution is 6.14. The van der Waals surface area contributed by atoms with Crippen LogP contribution >= 0.6 is 0 Å². The summed E-state index contributed by atoms with van der Waals surface area (Å²) in [6, 6.07) is 18.6. The van der Waals surface area contributed by atoms with Crippen molar-refractivity contribution in [2.24, 2.45) is 0 Å². The van der Waals surface area contributed by atoms with Crippen molar-refractivity contribution >= 4 is 11.8 Å². The molecular weight excluding hydrogens is 418 g/mol. The molecule has 1 aliphatic carbocycles. The van der Waals surface area contributed by atoms with E-state index in [0.717, 1.165) is 24.0 Å². The lowest BCUT2D eigenvalue weighted by Crippen LogP contribution is -2.14. The Labute approximate surface area is 192 Å². The standard InChI is InChI=1S/C27H25NO5/c1-3-5-18-6-8-20(9-7-18)27(30)23-15-14-22-24(23)16-33-28-26(22)19-10-12-21(13-11-19)32-17-25(29)31-4-2/h6-16H,3-5,17H2,1-2H3. The maximum absolute atomic E-state index is 13.1. The van der Waals surface area contributed by atoms with E-state index in [-0.39, 0.29) is 12.4 Å². The Kier molecular flexibility index (Phi) is 6.83. The number of hydrogen-bond donors (Lipinski definition) is 0. The van der Waals surface area contributed by atoms with Gasteiger partial charge in [0, 0.05) is 27.8 Å². The zero-order chi connectivity index (χ0) is 23.2. The summed E-state index contributed by atoms with van der Waals surface area (Å²) in [5, 5.41) is 4.18. The van der Waals surface area contributed by atoms with Gasteiger partial charge in [0.15, 0.2) is 12.4 Å².